The monoisotopic (exact) mass is 356 g/mol. The van der Waals surface area contributed by atoms with Gasteiger partial charge in [-0.05, 0) is 18.2 Å². The lowest BCUT2D eigenvalue weighted by Gasteiger charge is -2.12. The molecule has 0 saturated carbocycles. The summed E-state index contributed by atoms with van der Waals surface area (Å²) in [7, 11) is -6.54. The first-order chi connectivity index (χ1) is 15.9. The number of H-pyrrole nitrogens is 1. The summed E-state index contributed by atoms with van der Waals surface area (Å²) in [6.45, 7) is 0. The average molecular weight is 356 g/mol. The number of nitrogens with one attached hydrogen (secondary N) is 1. The Kier molecular flexibility index (Phi) is 2.17. The molecule has 0 aliphatic rings. The Bertz CT molecular complexity index is 1290. The van der Waals surface area contributed by atoms with E-state index in [9.17, 15) is 9.35 Å². The van der Waals surface area contributed by atoms with Gasteiger partial charge in [0.2, 0.25) is 0 Å². The number of imidazole rings is 1. The SMILES string of the molecule is [2H]C(=O)c1ccc2nc([S+]([O-])C([2H])([2H])c3nc([2H])c([2H])c(OC([2H])([2H])[2H])c3OC([2H])([2H])[2H])[nH]c2c1. The van der Waals surface area contributed by atoms with Crippen LogP contribution in [0.2, 0.25) is 0 Å². The van der Waals surface area contributed by atoms with Crippen LogP contribution in [0.4, 0.5) is 0 Å². The number of pyridine rings is 1. The fourth-order valence-corrected chi connectivity index (χ4v) is 2.65. The first-order valence-corrected chi connectivity index (χ1v) is 7.38. The summed E-state index contributed by atoms with van der Waals surface area (Å²) < 4.78 is 106. The first kappa shape index (κ1) is 7.54. The number of aromatic amines is 1. The minimum atomic E-state index is -3.30. The predicted octanol–water partition coefficient (Wildman–Crippen LogP) is 2.10. The number of aromatic nitrogens is 3. The van der Waals surface area contributed by atoms with Gasteiger partial charge in [0, 0.05) is 29.0 Å². The molecule has 1 aromatic carbocycles. The third-order valence-corrected chi connectivity index (χ3v) is 3.83. The van der Waals surface area contributed by atoms with E-state index in [0.717, 1.165) is 0 Å². The number of aldehydes is 1. The molecule has 1 atom stereocenters. The molecule has 1 N–H and O–H groups in total. The lowest BCUT2D eigenvalue weighted by atomic mass is 10.2. The molecule has 8 heteroatoms. The molecule has 0 radical (unpaired) electrons. The fourth-order valence-electron chi connectivity index (χ4n) is 1.86. The number of rotatable bonds is 6. The number of benzene rings is 1. The molecule has 2 heterocycles. The average Bonchev–Trinajstić information content (AvgIpc) is 3.13. The molecule has 2 aromatic heterocycles. The number of carbonyl (C=O) groups is 1. The molecular weight excluding hydrogens is 330 g/mol. The van der Waals surface area contributed by atoms with E-state index in [1.165, 1.54) is 18.2 Å². The highest BCUT2D eigenvalue weighted by Crippen LogP contribution is 2.31. The molecule has 124 valence electrons. The van der Waals surface area contributed by atoms with E-state index in [2.05, 4.69) is 19.7 Å². The van der Waals surface area contributed by atoms with Crippen molar-refractivity contribution in [2.45, 2.75) is 10.9 Å². The van der Waals surface area contributed by atoms with Crippen LogP contribution in [-0.4, -0.2) is 39.8 Å². The van der Waals surface area contributed by atoms with Crippen molar-refractivity contribution in [3.05, 3.63) is 41.7 Å². The Labute approximate surface area is 156 Å². The highest BCUT2D eigenvalue weighted by Gasteiger charge is 2.22. The summed E-state index contributed by atoms with van der Waals surface area (Å²) >= 11 is -2.81. The van der Waals surface area contributed by atoms with Gasteiger partial charge in [-0.1, -0.05) is 0 Å². The summed E-state index contributed by atoms with van der Waals surface area (Å²) in [4.78, 5) is 21.3. The van der Waals surface area contributed by atoms with Crippen LogP contribution in [-0.2, 0) is 16.9 Å². The fraction of sp³-hybridized carbons (Fsp3) is 0.188. The van der Waals surface area contributed by atoms with Gasteiger partial charge in [0.15, 0.2) is 17.2 Å². The van der Waals surface area contributed by atoms with Gasteiger partial charge >= 0.3 is 5.16 Å². The van der Waals surface area contributed by atoms with E-state index in [-0.39, 0.29) is 16.6 Å². The van der Waals surface area contributed by atoms with Gasteiger partial charge in [0.1, 0.15) is 13.3 Å². The highest BCUT2D eigenvalue weighted by atomic mass is 32.2. The van der Waals surface area contributed by atoms with Crippen LogP contribution in [0.1, 0.15) is 31.1 Å². The molecule has 3 aromatic rings. The molecule has 0 bridgehead atoms. The molecule has 7 nitrogen and oxygen atoms in total. The van der Waals surface area contributed by atoms with Crippen LogP contribution < -0.4 is 9.47 Å². The van der Waals surface area contributed by atoms with Crippen LogP contribution in [0.5, 0.6) is 11.5 Å². The maximum absolute atomic E-state index is 13.2. The van der Waals surface area contributed by atoms with Crippen molar-refractivity contribution in [2.24, 2.45) is 0 Å². The zero-order chi connectivity index (χ0) is 26.5. The molecule has 0 saturated heterocycles. The third-order valence-electron chi connectivity index (χ3n) is 2.91. The maximum atomic E-state index is 13.2. The van der Waals surface area contributed by atoms with Crippen LogP contribution in [0.3, 0.4) is 0 Å². The summed E-state index contributed by atoms with van der Waals surface area (Å²) in [6.07, 6.45) is -2.00. The van der Waals surface area contributed by atoms with E-state index in [1.807, 2.05) is 0 Å². The standard InChI is InChI=1S/C16H15N3O4S/c1-22-14-5-6-17-13(15(14)23-2)9-24(21)16-18-11-4-3-10(8-20)7-12(11)19-16/h3-8H,9H2,1-2H3,(H,18,19)/i1D3,2D3,5D,6D,8D,9D2. The van der Waals surface area contributed by atoms with E-state index in [0.29, 0.717) is 0 Å². The predicted molar refractivity (Wildman–Crippen MR) is 88.9 cm³/mol. The van der Waals surface area contributed by atoms with Crippen LogP contribution in [0.25, 0.3) is 11.0 Å². The maximum Gasteiger partial charge on any atom is 0.322 e. The lowest BCUT2D eigenvalue weighted by molar-refractivity contribution is 0.112. The zero-order valence-electron chi connectivity index (χ0n) is 22.7. The molecule has 0 amide bonds. The summed E-state index contributed by atoms with van der Waals surface area (Å²) in [5.41, 5.74) is -3.94. The molecule has 24 heavy (non-hydrogen) atoms. The molecule has 3 rings (SSSR count). The quantitative estimate of drug-likeness (QED) is 0.536. The van der Waals surface area contributed by atoms with Crippen molar-refractivity contribution in [1.29, 1.82) is 0 Å². The van der Waals surface area contributed by atoms with Crippen molar-refractivity contribution in [2.75, 3.05) is 14.1 Å². The smallest absolute Gasteiger partial charge is 0.322 e. The number of methoxy groups -OCH3 is 2. The molecule has 0 fully saturated rings. The second-order valence-corrected chi connectivity index (χ2v) is 5.43. The van der Waals surface area contributed by atoms with E-state index in [4.69, 9.17) is 19.8 Å². The number of hydrogen-bond donors (Lipinski definition) is 1. The Balaban J connectivity index is 2.19. The largest absolute Gasteiger partial charge is 0.609 e. The van der Waals surface area contributed by atoms with Gasteiger partial charge in [-0.15, -0.1) is 0 Å². The van der Waals surface area contributed by atoms with E-state index < -0.39 is 71.8 Å². The first-order valence-electron chi connectivity index (χ1n) is 11.7. The van der Waals surface area contributed by atoms with E-state index in [1.54, 1.807) is 0 Å². The second kappa shape index (κ2) is 6.90. The Morgan fingerprint density at radius 1 is 1.54 bits per heavy atom. The van der Waals surface area contributed by atoms with Crippen molar-refractivity contribution in [3.8, 4) is 11.5 Å². The normalized spacial score (nSPS) is 20.5. The number of ether oxygens (including phenoxy) is 2. The van der Waals surface area contributed by atoms with Crippen molar-refractivity contribution >= 4 is 28.5 Å². The van der Waals surface area contributed by atoms with Crippen LogP contribution >= 0.6 is 0 Å². The molecular formula is C16H15N3O4S. The lowest BCUT2D eigenvalue weighted by Crippen LogP contribution is -2.10. The Morgan fingerprint density at radius 2 is 2.42 bits per heavy atom. The van der Waals surface area contributed by atoms with Gasteiger partial charge < -0.3 is 14.0 Å². The van der Waals surface area contributed by atoms with Crippen molar-refractivity contribution in [3.63, 3.8) is 0 Å². The van der Waals surface area contributed by atoms with E-state index >= 15 is 0 Å². The van der Waals surface area contributed by atoms with Gasteiger partial charge in [-0.25, -0.2) is 0 Å². The van der Waals surface area contributed by atoms with Crippen LogP contribution in [0.15, 0.2) is 35.6 Å². The summed E-state index contributed by atoms with van der Waals surface area (Å²) in [6, 6.07) is 2.84. The molecule has 0 aliphatic heterocycles. The molecule has 0 aliphatic carbocycles. The topological polar surface area (TPSA) is 100 Å². The summed E-state index contributed by atoms with van der Waals surface area (Å²) in [5.74, 6) is -2.24. The van der Waals surface area contributed by atoms with Gasteiger partial charge in [-0.3, -0.25) is 14.8 Å². The highest BCUT2D eigenvalue weighted by molar-refractivity contribution is 7.90. The van der Waals surface area contributed by atoms with Crippen molar-refractivity contribution in [1.82, 2.24) is 15.0 Å². The van der Waals surface area contributed by atoms with Gasteiger partial charge in [0.25, 0.3) is 0 Å². The second-order valence-electron chi connectivity index (χ2n) is 4.31. The Hall–Kier alpha value is -2.58. The number of hydrogen-bond acceptors (Lipinski definition) is 6. The number of fused-ring (bicyclic) bond motifs is 1. The van der Waals surface area contributed by atoms with Gasteiger partial charge in [0.05, 0.1) is 38.8 Å². The van der Waals surface area contributed by atoms with Crippen LogP contribution in [0, 0.1) is 0 Å². The zero-order valence-corrected chi connectivity index (χ0v) is 12.5. The minimum Gasteiger partial charge on any atom is -0.609 e. The molecule has 1 unspecified atom stereocenters. The molecule has 0 spiro atoms. The minimum absolute atomic E-state index is 0.0205. The third kappa shape index (κ3) is 3.06. The van der Waals surface area contributed by atoms with Crippen molar-refractivity contribution < 1.29 is 33.9 Å². The number of nitrogens with zero attached hydrogens (tertiary/aromatic N) is 2. The Morgan fingerprint density at radius 3 is 3.21 bits per heavy atom. The van der Waals surface area contributed by atoms with Gasteiger partial charge in [-0.2, -0.15) is 4.98 Å². The summed E-state index contributed by atoms with van der Waals surface area (Å²) in [5, 5.41) is -0.485. The number of carbonyl (C=O) groups excluding carboxylic acids is 1.